The van der Waals surface area contributed by atoms with E-state index in [1.807, 2.05) is 30.3 Å². The van der Waals surface area contributed by atoms with Crippen LogP contribution in [0.3, 0.4) is 0 Å². The number of nitriles is 1. The second kappa shape index (κ2) is 11.5. The van der Waals surface area contributed by atoms with Gasteiger partial charge in [-0.1, -0.05) is 24.3 Å². The summed E-state index contributed by atoms with van der Waals surface area (Å²) < 4.78 is 26.0. The van der Waals surface area contributed by atoms with E-state index in [4.69, 9.17) is 24.7 Å². The number of ether oxygens (including phenoxy) is 4. The SMILES string of the molecule is CCOC(=O)C1=C(C)OC(N)=C(C#N)C1c1ccc(OCc2c(Br)c(=O)n(-c3ccccc3)n2C)c(OC)c1. The first-order chi connectivity index (χ1) is 18.7. The molecule has 0 radical (unpaired) electrons. The average Bonchev–Trinajstić information content (AvgIpc) is 3.14. The Bertz CT molecular complexity index is 1580. The number of allylic oxidation sites excluding steroid dienone is 2. The second-order valence-corrected chi connectivity index (χ2v) is 9.34. The summed E-state index contributed by atoms with van der Waals surface area (Å²) in [6.07, 6.45) is 0. The van der Waals surface area contributed by atoms with E-state index in [-0.39, 0.29) is 41.6 Å². The standard InChI is InChI=1S/C28H27BrN4O6/c1-5-37-28(35)23-16(2)39-26(31)19(14-30)24(23)17-11-12-21(22(13-17)36-4)38-15-20-25(29)27(34)33(32(20)3)18-9-7-6-8-10-18/h6-13,24H,5,15,31H2,1-4H3. The lowest BCUT2D eigenvalue weighted by atomic mass is 9.83. The van der Waals surface area contributed by atoms with Crippen molar-refractivity contribution in [3.8, 4) is 23.3 Å². The predicted octanol–water partition coefficient (Wildman–Crippen LogP) is 4.17. The number of methoxy groups -OCH3 is 1. The maximum absolute atomic E-state index is 12.9. The van der Waals surface area contributed by atoms with Crippen LogP contribution in [0.25, 0.3) is 5.69 Å². The van der Waals surface area contributed by atoms with Gasteiger partial charge in [0.1, 0.15) is 28.5 Å². The van der Waals surface area contributed by atoms with Gasteiger partial charge in [-0.25, -0.2) is 9.48 Å². The molecule has 0 saturated carbocycles. The number of nitrogens with two attached hydrogens (primary N) is 1. The van der Waals surface area contributed by atoms with Crippen molar-refractivity contribution in [2.75, 3.05) is 13.7 Å². The Morgan fingerprint density at radius 1 is 1.21 bits per heavy atom. The van der Waals surface area contributed by atoms with E-state index in [1.165, 1.54) is 7.11 Å². The fraction of sp³-hybridized carbons (Fsp3) is 0.250. The van der Waals surface area contributed by atoms with Crippen molar-refractivity contribution in [2.45, 2.75) is 26.4 Å². The number of rotatable bonds is 8. The van der Waals surface area contributed by atoms with Gasteiger partial charge < -0.3 is 24.7 Å². The highest BCUT2D eigenvalue weighted by Gasteiger charge is 2.36. The van der Waals surface area contributed by atoms with Crippen molar-refractivity contribution >= 4 is 21.9 Å². The highest BCUT2D eigenvalue weighted by molar-refractivity contribution is 9.10. The third kappa shape index (κ3) is 5.15. The third-order valence-corrected chi connectivity index (χ3v) is 7.11. The van der Waals surface area contributed by atoms with Gasteiger partial charge in [0.15, 0.2) is 11.5 Å². The summed E-state index contributed by atoms with van der Waals surface area (Å²) >= 11 is 3.41. The first-order valence-corrected chi connectivity index (χ1v) is 12.8. The summed E-state index contributed by atoms with van der Waals surface area (Å²) in [6.45, 7) is 3.50. The normalized spacial score (nSPS) is 15.0. The van der Waals surface area contributed by atoms with Crippen LogP contribution in [0.1, 0.15) is 31.0 Å². The molecule has 202 valence electrons. The summed E-state index contributed by atoms with van der Waals surface area (Å²) in [7, 11) is 3.26. The minimum atomic E-state index is -0.819. The Balaban J connectivity index is 1.68. The quantitative estimate of drug-likeness (QED) is 0.384. The highest BCUT2D eigenvalue weighted by Crippen LogP contribution is 2.42. The van der Waals surface area contributed by atoms with E-state index < -0.39 is 11.9 Å². The fourth-order valence-electron chi connectivity index (χ4n) is 4.45. The molecule has 0 amide bonds. The summed E-state index contributed by atoms with van der Waals surface area (Å²) in [5.74, 6) is -0.494. The number of para-hydroxylation sites is 1. The van der Waals surface area contributed by atoms with Crippen LogP contribution in [0.5, 0.6) is 11.5 Å². The zero-order valence-corrected chi connectivity index (χ0v) is 23.4. The summed E-state index contributed by atoms with van der Waals surface area (Å²) in [5, 5.41) is 9.83. The Labute approximate surface area is 233 Å². The lowest BCUT2D eigenvalue weighted by Gasteiger charge is -2.27. The number of hydrogen-bond donors (Lipinski definition) is 1. The first-order valence-electron chi connectivity index (χ1n) is 12.0. The third-order valence-electron chi connectivity index (χ3n) is 6.31. The van der Waals surface area contributed by atoms with Gasteiger partial charge in [-0.2, -0.15) is 5.26 Å². The van der Waals surface area contributed by atoms with Crippen LogP contribution in [0, 0.1) is 11.3 Å². The van der Waals surface area contributed by atoms with Crippen LogP contribution in [0.4, 0.5) is 0 Å². The van der Waals surface area contributed by atoms with Crippen LogP contribution in [0.15, 0.2) is 80.6 Å². The second-order valence-electron chi connectivity index (χ2n) is 8.55. The Kier molecular flexibility index (Phi) is 8.16. The molecule has 0 saturated heterocycles. The average molecular weight is 595 g/mol. The van der Waals surface area contributed by atoms with Crippen molar-refractivity contribution in [2.24, 2.45) is 12.8 Å². The molecule has 39 heavy (non-hydrogen) atoms. The van der Waals surface area contributed by atoms with Crippen molar-refractivity contribution in [3.05, 3.63) is 97.4 Å². The van der Waals surface area contributed by atoms with Crippen molar-refractivity contribution < 1.29 is 23.7 Å². The molecule has 1 aliphatic heterocycles. The number of benzene rings is 2. The van der Waals surface area contributed by atoms with Crippen molar-refractivity contribution in [3.63, 3.8) is 0 Å². The van der Waals surface area contributed by atoms with Gasteiger partial charge in [-0.15, -0.1) is 0 Å². The van der Waals surface area contributed by atoms with Crippen molar-refractivity contribution in [1.82, 2.24) is 9.36 Å². The maximum atomic E-state index is 12.9. The van der Waals surface area contributed by atoms with Crippen LogP contribution in [-0.4, -0.2) is 29.0 Å². The van der Waals surface area contributed by atoms with Gasteiger partial charge in [0.25, 0.3) is 5.56 Å². The molecule has 1 aliphatic rings. The zero-order chi connectivity index (χ0) is 28.3. The Hall–Kier alpha value is -4.43. The van der Waals surface area contributed by atoms with E-state index in [0.717, 1.165) is 5.69 Å². The van der Waals surface area contributed by atoms with Gasteiger partial charge in [-0.3, -0.25) is 9.48 Å². The minimum Gasteiger partial charge on any atom is -0.493 e. The molecular formula is C28H27BrN4O6. The van der Waals surface area contributed by atoms with E-state index in [9.17, 15) is 14.9 Å². The Morgan fingerprint density at radius 2 is 1.92 bits per heavy atom. The van der Waals surface area contributed by atoms with E-state index in [0.29, 0.717) is 27.2 Å². The smallest absolute Gasteiger partial charge is 0.338 e. The topological polar surface area (TPSA) is 131 Å². The fourth-order valence-corrected chi connectivity index (χ4v) is 4.99. The molecule has 2 heterocycles. The molecule has 0 fully saturated rings. The number of esters is 1. The lowest BCUT2D eigenvalue weighted by molar-refractivity contribution is -0.139. The lowest BCUT2D eigenvalue weighted by Crippen LogP contribution is -2.25. The monoisotopic (exact) mass is 594 g/mol. The van der Waals surface area contributed by atoms with Crippen LogP contribution in [-0.2, 0) is 27.9 Å². The minimum absolute atomic E-state index is 0.0581. The zero-order valence-electron chi connectivity index (χ0n) is 21.9. The summed E-state index contributed by atoms with van der Waals surface area (Å²) in [4.78, 5) is 25.7. The predicted molar refractivity (Wildman–Crippen MR) is 146 cm³/mol. The number of carbonyl (C=O) groups is 1. The molecule has 0 aliphatic carbocycles. The first kappa shape index (κ1) is 27.6. The van der Waals surface area contributed by atoms with Gasteiger partial charge >= 0.3 is 5.97 Å². The number of carbonyl (C=O) groups excluding carboxylic acids is 1. The van der Waals surface area contributed by atoms with E-state index in [1.54, 1.807) is 48.5 Å². The number of aromatic nitrogens is 2. The molecule has 11 heteroatoms. The van der Waals surface area contributed by atoms with Crippen LogP contribution < -0.4 is 20.8 Å². The van der Waals surface area contributed by atoms with Gasteiger partial charge in [0.2, 0.25) is 5.88 Å². The maximum Gasteiger partial charge on any atom is 0.338 e. The molecule has 2 aromatic carbocycles. The molecule has 0 spiro atoms. The number of hydrogen-bond acceptors (Lipinski definition) is 8. The molecule has 1 aromatic heterocycles. The summed E-state index contributed by atoms with van der Waals surface area (Å²) in [5.41, 5.74) is 7.95. The van der Waals surface area contributed by atoms with Crippen LogP contribution in [0.2, 0.25) is 0 Å². The summed E-state index contributed by atoms with van der Waals surface area (Å²) in [6, 6.07) is 16.4. The molecular weight excluding hydrogens is 568 g/mol. The largest absolute Gasteiger partial charge is 0.493 e. The molecule has 4 rings (SSSR count). The van der Waals surface area contributed by atoms with Gasteiger partial charge in [-0.05, 0) is 59.6 Å². The molecule has 1 atom stereocenters. The Morgan fingerprint density at radius 3 is 2.56 bits per heavy atom. The van der Waals surface area contributed by atoms with Gasteiger partial charge in [0.05, 0.1) is 36.6 Å². The molecule has 3 aromatic rings. The van der Waals surface area contributed by atoms with Gasteiger partial charge in [0, 0.05) is 7.05 Å². The molecule has 10 nitrogen and oxygen atoms in total. The number of nitrogens with zero attached hydrogens (tertiary/aromatic N) is 3. The molecule has 1 unspecified atom stereocenters. The molecule has 0 bridgehead atoms. The highest BCUT2D eigenvalue weighted by atomic mass is 79.9. The van der Waals surface area contributed by atoms with Crippen molar-refractivity contribution in [1.29, 1.82) is 5.26 Å². The number of halogens is 1. The molecule has 2 N–H and O–H groups in total. The van der Waals surface area contributed by atoms with E-state index >= 15 is 0 Å². The van der Waals surface area contributed by atoms with E-state index in [2.05, 4.69) is 22.0 Å². The van der Waals surface area contributed by atoms with Crippen LogP contribution >= 0.6 is 15.9 Å².